The highest BCUT2D eigenvalue weighted by Crippen LogP contribution is 2.26. The SMILES string of the molecule is O=C(NCC1CCCN(c2nccs2)C1)C1CCCC1. The van der Waals surface area contributed by atoms with Gasteiger partial charge in [-0.05, 0) is 31.6 Å². The van der Waals surface area contributed by atoms with E-state index in [1.54, 1.807) is 11.3 Å². The molecule has 1 N–H and O–H groups in total. The summed E-state index contributed by atoms with van der Waals surface area (Å²) in [5, 5.41) is 6.33. The maximum atomic E-state index is 12.1. The highest BCUT2D eigenvalue weighted by Gasteiger charge is 2.25. The van der Waals surface area contributed by atoms with Gasteiger partial charge in [0.05, 0.1) is 0 Å². The molecule has 1 aliphatic carbocycles. The molecule has 2 heterocycles. The second-order valence-electron chi connectivity index (χ2n) is 6.00. The second-order valence-corrected chi connectivity index (χ2v) is 6.87. The third-order valence-electron chi connectivity index (χ3n) is 4.50. The Morgan fingerprint density at radius 3 is 2.95 bits per heavy atom. The molecule has 1 amide bonds. The zero-order valence-electron chi connectivity index (χ0n) is 11.9. The summed E-state index contributed by atoms with van der Waals surface area (Å²) in [6.07, 6.45) is 8.89. The smallest absolute Gasteiger partial charge is 0.223 e. The normalized spacial score (nSPS) is 24.0. The van der Waals surface area contributed by atoms with Gasteiger partial charge in [0, 0.05) is 37.1 Å². The molecule has 110 valence electrons. The van der Waals surface area contributed by atoms with Gasteiger partial charge in [0.25, 0.3) is 0 Å². The number of nitrogens with zero attached hydrogens (tertiary/aromatic N) is 2. The molecular weight excluding hydrogens is 270 g/mol. The molecule has 4 nitrogen and oxygen atoms in total. The number of aromatic nitrogens is 1. The Hall–Kier alpha value is -1.10. The molecule has 3 rings (SSSR count). The van der Waals surface area contributed by atoms with Crippen molar-refractivity contribution in [1.29, 1.82) is 0 Å². The largest absolute Gasteiger partial charge is 0.356 e. The monoisotopic (exact) mass is 293 g/mol. The molecule has 1 aliphatic heterocycles. The van der Waals surface area contributed by atoms with Crippen molar-refractivity contribution < 1.29 is 4.79 Å². The average Bonchev–Trinajstić information content (AvgIpc) is 3.17. The fourth-order valence-corrected chi connectivity index (χ4v) is 4.03. The quantitative estimate of drug-likeness (QED) is 0.928. The number of nitrogens with one attached hydrogen (secondary N) is 1. The molecule has 2 fully saturated rings. The lowest BCUT2D eigenvalue weighted by Crippen LogP contribution is -2.42. The van der Waals surface area contributed by atoms with E-state index >= 15 is 0 Å². The molecule has 1 saturated carbocycles. The molecule has 0 radical (unpaired) electrons. The van der Waals surface area contributed by atoms with E-state index < -0.39 is 0 Å². The van der Waals surface area contributed by atoms with Crippen LogP contribution in [0.3, 0.4) is 0 Å². The van der Waals surface area contributed by atoms with Crippen LogP contribution in [0, 0.1) is 11.8 Å². The number of rotatable bonds is 4. The lowest BCUT2D eigenvalue weighted by molar-refractivity contribution is -0.125. The average molecular weight is 293 g/mol. The number of thiazole rings is 1. The minimum absolute atomic E-state index is 0.286. The van der Waals surface area contributed by atoms with Crippen molar-refractivity contribution in [3.05, 3.63) is 11.6 Å². The first-order valence-corrected chi connectivity index (χ1v) is 8.63. The van der Waals surface area contributed by atoms with Gasteiger partial charge in [-0.2, -0.15) is 0 Å². The molecule has 1 saturated heterocycles. The minimum atomic E-state index is 0.286. The Bertz CT molecular complexity index is 428. The molecular formula is C15H23N3OS. The molecule has 1 unspecified atom stereocenters. The summed E-state index contributed by atoms with van der Waals surface area (Å²) in [5.74, 6) is 1.14. The summed E-state index contributed by atoms with van der Waals surface area (Å²) in [4.78, 5) is 18.8. The molecule has 1 aromatic rings. The third kappa shape index (κ3) is 3.32. The van der Waals surface area contributed by atoms with Crippen LogP contribution in [0.2, 0.25) is 0 Å². The number of hydrogen-bond acceptors (Lipinski definition) is 4. The number of amides is 1. The van der Waals surface area contributed by atoms with Crippen molar-refractivity contribution in [1.82, 2.24) is 10.3 Å². The summed E-state index contributed by atoms with van der Waals surface area (Å²) in [5.41, 5.74) is 0. The Morgan fingerprint density at radius 2 is 2.20 bits per heavy atom. The van der Waals surface area contributed by atoms with Crippen molar-refractivity contribution >= 4 is 22.4 Å². The predicted molar refractivity (Wildman–Crippen MR) is 82.0 cm³/mol. The molecule has 20 heavy (non-hydrogen) atoms. The zero-order valence-corrected chi connectivity index (χ0v) is 12.7. The van der Waals surface area contributed by atoms with Gasteiger partial charge in [-0.1, -0.05) is 12.8 Å². The number of anilines is 1. The molecule has 0 aromatic carbocycles. The van der Waals surface area contributed by atoms with Crippen LogP contribution in [0.4, 0.5) is 5.13 Å². The van der Waals surface area contributed by atoms with Crippen molar-refractivity contribution in [2.75, 3.05) is 24.5 Å². The topological polar surface area (TPSA) is 45.2 Å². The summed E-state index contributed by atoms with van der Waals surface area (Å²) < 4.78 is 0. The van der Waals surface area contributed by atoms with Gasteiger partial charge in [0.1, 0.15) is 0 Å². The van der Waals surface area contributed by atoms with Crippen LogP contribution < -0.4 is 10.2 Å². The van der Waals surface area contributed by atoms with Gasteiger partial charge in [0.15, 0.2) is 5.13 Å². The highest BCUT2D eigenvalue weighted by molar-refractivity contribution is 7.13. The standard InChI is InChI=1S/C15H23N3OS/c19-14(13-5-1-2-6-13)17-10-12-4-3-8-18(11-12)15-16-7-9-20-15/h7,9,12-13H,1-6,8,10-11H2,(H,17,19). The van der Waals surface area contributed by atoms with E-state index in [4.69, 9.17) is 0 Å². The molecule has 1 aromatic heterocycles. The van der Waals surface area contributed by atoms with E-state index in [-0.39, 0.29) is 11.8 Å². The lowest BCUT2D eigenvalue weighted by atomic mass is 9.98. The van der Waals surface area contributed by atoms with Crippen LogP contribution >= 0.6 is 11.3 Å². The van der Waals surface area contributed by atoms with E-state index in [1.807, 2.05) is 11.6 Å². The van der Waals surface area contributed by atoms with Crippen LogP contribution in [0.1, 0.15) is 38.5 Å². The van der Waals surface area contributed by atoms with E-state index in [0.717, 1.165) is 37.6 Å². The van der Waals surface area contributed by atoms with Crippen molar-refractivity contribution in [2.45, 2.75) is 38.5 Å². The molecule has 2 aliphatic rings. The first kappa shape index (κ1) is 13.9. The van der Waals surface area contributed by atoms with Crippen molar-refractivity contribution in [3.8, 4) is 0 Å². The number of carbonyl (C=O) groups is 1. The van der Waals surface area contributed by atoms with Gasteiger partial charge in [-0.25, -0.2) is 4.98 Å². The summed E-state index contributed by atoms with van der Waals surface area (Å²) in [6, 6.07) is 0. The summed E-state index contributed by atoms with van der Waals surface area (Å²) >= 11 is 1.70. The Kier molecular flexibility index (Phi) is 4.55. The van der Waals surface area contributed by atoms with Crippen LogP contribution in [-0.4, -0.2) is 30.5 Å². The maximum absolute atomic E-state index is 12.1. The van der Waals surface area contributed by atoms with Crippen LogP contribution in [-0.2, 0) is 4.79 Å². The fourth-order valence-electron chi connectivity index (χ4n) is 3.35. The minimum Gasteiger partial charge on any atom is -0.356 e. The lowest BCUT2D eigenvalue weighted by Gasteiger charge is -2.32. The maximum Gasteiger partial charge on any atom is 0.223 e. The van der Waals surface area contributed by atoms with Crippen LogP contribution in [0.15, 0.2) is 11.6 Å². The Balaban J connectivity index is 1.46. The summed E-state index contributed by atoms with van der Waals surface area (Å²) in [7, 11) is 0. The molecule has 1 atom stereocenters. The molecule has 0 spiro atoms. The van der Waals surface area contributed by atoms with Gasteiger partial charge >= 0.3 is 0 Å². The van der Waals surface area contributed by atoms with Crippen LogP contribution in [0.5, 0.6) is 0 Å². The number of hydrogen-bond donors (Lipinski definition) is 1. The molecule has 0 bridgehead atoms. The molecule has 5 heteroatoms. The predicted octanol–water partition coefficient (Wildman–Crippen LogP) is 2.67. The van der Waals surface area contributed by atoms with Gasteiger partial charge in [-0.3, -0.25) is 4.79 Å². The van der Waals surface area contributed by atoms with Gasteiger partial charge in [-0.15, -0.1) is 11.3 Å². The zero-order chi connectivity index (χ0) is 13.8. The number of piperidine rings is 1. The van der Waals surface area contributed by atoms with E-state index in [0.29, 0.717) is 5.92 Å². The Morgan fingerprint density at radius 1 is 1.35 bits per heavy atom. The first-order valence-electron chi connectivity index (χ1n) is 7.75. The fraction of sp³-hybridized carbons (Fsp3) is 0.733. The highest BCUT2D eigenvalue weighted by atomic mass is 32.1. The second kappa shape index (κ2) is 6.57. The summed E-state index contributed by atoms with van der Waals surface area (Å²) in [6.45, 7) is 2.95. The third-order valence-corrected chi connectivity index (χ3v) is 5.33. The van der Waals surface area contributed by atoms with Crippen molar-refractivity contribution in [2.24, 2.45) is 11.8 Å². The van der Waals surface area contributed by atoms with E-state index in [1.165, 1.54) is 25.7 Å². The first-order chi connectivity index (χ1) is 9.83. The van der Waals surface area contributed by atoms with Crippen molar-refractivity contribution in [3.63, 3.8) is 0 Å². The van der Waals surface area contributed by atoms with E-state index in [9.17, 15) is 4.79 Å². The number of carbonyl (C=O) groups excluding carboxylic acids is 1. The van der Waals surface area contributed by atoms with Gasteiger partial charge in [0.2, 0.25) is 5.91 Å². The Labute approximate surface area is 124 Å². The van der Waals surface area contributed by atoms with E-state index in [2.05, 4.69) is 15.2 Å². The van der Waals surface area contributed by atoms with Crippen LogP contribution in [0.25, 0.3) is 0 Å². The van der Waals surface area contributed by atoms with Gasteiger partial charge < -0.3 is 10.2 Å².